The van der Waals surface area contributed by atoms with Crippen molar-refractivity contribution in [2.45, 2.75) is 13.3 Å². The van der Waals surface area contributed by atoms with Gasteiger partial charge in [-0.15, -0.1) is 5.10 Å². The molecule has 168 valence electrons. The van der Waals surface area contributed by atoms with Gasteiger partial charge in [-0.2, -0.15) is 0 Å². The van der Waals surface area contributed by atoms with E-state index in [4.69, 9.17) is 13.8 Å². The van der Waals surface area contributed by atoms with E-state index in [0.717, 1.165) is 5.56 Å². The molecule has 2 aromatic carbocycles. The SMILES string of the molecule is CCC(=O)Nc1ccc2nc(-c3ccccc3)cc(C(=O)Nc3nnc(-c4ccco4)o3)c2c1. The third kappa shape index (κ3) is 4.26. The molecule has 5 aromatic rings. The summed E-state index contributed by atoms with van der Waals surface area (Å²) in [6, 6.07) is 19.8. The number of rotatable bonds is 6. The molecule has 3 heterocycles. The van der Waals surface area contributed by atoms with Crippen LogP contribution in [0.5, 0.6) is 0 Å². The minimum Gasteiger partial charge on any atom is -0.459 e. The van der Waals surface area contributed by atoms with Crippen molar-refractivity contribution in [3.8, 4) is 22.9 Å². The van der Waals surface area contributed by atoms with Crippen LogP contribution in [0.4, 0.5) is 11.7 Å². The Hall–Kier alpha value is -4.79. The maximum absolute atomic E-state index is 13.3. The predicted molar refractivity (Wildman–Crippen MR) is 126 cm³/mol. The molecule has 0 spiro atoms. The van der Waals surface area contributed by atoms with Gasteiger partial charge in [-0.1, -0.05) is 42.4 Å². The molecule has 9 nitrogen and oxygen atoms in total. The van der Waals surface area contributed by atoms with Crippen LogP contribution >= 0.6 is 0 Å². The molecule has 0 fully saturated rings. The summed E-state index contributed by atoms with van der Waals surface area (Å²) in [5.74, 6) is -0.0480. The number of benzene rings is 2. The molecule has 34 heavy (non-hydrogen) atoms. The molecule has 2 amide bonds. The Kier molecular flexibility index (Phi) is 5.57. The van der Waals surface area contributed by atoms with Gasteiger partial charge in [0.25, 0.3) is 11.8 Å². The minimum absolute atomic E-state index is 0.0712. The first-order valence-electron chi connectivity index (χ1n) is 10.6. The van der Waals surface area contributed by atoms with Gasteiger partial charge < -0.3 is 14.2 Å². The Morgan fingerprint density at radius 2 is 1.79 bits per heavy atom. The zero-order valence-electron chi connectivity index (χ0n) is 18.1. The molecule has 9 heteroatoms. The van der Waals surface area contributed by atoms with Gasteiger partial charge in [0.1, 0.15) is 0 Å². The first-order chi connectivity index (χ1) is 16.6. The first kappa shape index (κ1) is 21.1. The van der Waals surface area contributed by atoms with E-state index in [2.05, 4.69) is 20.8 Å². The minimum atomic E-state index is -0.460. The number of hydrogen-bond acceptors (Lipinski definition) is 7. The number of nitrogens with zero attached hydrogens (tertiary/aromatic N) is 3. The zero-order chi connectivity index (χ0) is 23.5. The van der Waals surface area contributed by atoms with E-state index in [0.29, 0.717) is 40.0 Å². The van der Waals surface area contributed by atoms with Crippen LogP contribution in [-0.4, -0.2) is 27.0 Å². The molecule has 0 atom stereocenters. The van der Waals surface area contributed by atoms with Crippen LogP contribution < -0.4 is 10.6 Å². The predicted octanol–water partition coefficient (Wildman–Crippen LogP) is 5.15. The monoisotopic (exact) mass is 453 g/mol. The summed E-state index contributed by atoms with van der Waals surface area (Å²) in [7, 11) is 0. The van der Waals surface area contributed by atoms with Gasteiger partial charge >= 0.3 is 6.01 Å². The number of pyridine rings is 1. The lowest BCUT2D eigenvalue weighted by atomic mass is 10.0. The van der Waals surface area contributed by atoms with E-state index >= 15 is 0 Å². The average molecular weight is 453 g/mol. The molecule has 2 N–H and O–H groups in total. The molecule has 3 aromatic heterocycles. The van der Waals surface area contributed by atoms with E-state index in [1.54, 1.807) is 43.3 Å². The van der Waals surface area contributed by atoms with Gasteiger partial charge in [-0.3, -0.25) is 14.9 Å². The maximum atomic E-state index is 13.3. The molecule has 0 radical (unpaired) electrons. The second-order valence-electron chi connectivity index (χ2n) is 7.40. The molecule has 5 rings (SSSR count). The fraction of sp³-hybridized carbons (Fsp3) is 0.0800. The second kappa shape index (κ2) is 8.99. The van der Waals surface area contributed by atoms with Crippen LogP contribution in [0.25, 0.3) is 33.8 Å². The maximum Gasteiger partial charge on any atom is 0.322 e. The highest BCUT2D eigenvalue weighted by molar-refractivity contribution is 6.13. The fourth-order valence-electron chi connectivity index (χ4n) is 3.44. The number of carbonyl (C=O) groups excluding carboxylic acids is 2. The van der Waals surface area contributed by atoms with Gasteiger partial charge in [-0.25, -0.2) is 4.98 Å². The van der Waals surface area contributed by atoms with Crippen molar-refractivity contribution in [3.63, 3.8) is 0 Å². The highest BCUT2D eigenvalue weighted by Crippen LogP contribution is 2.28. The van der Waals surface area contributed by atoms with Crippen molar-refractivity contribution >= 4 is 34.4 Å². The lowest BCUT2D eigenvalue weighted by Crippen LogP contribution is -2.14. The normalized spacial score (nSPS) is 10.9. The Morgan fingerprint density at radius 3 is 2.56 bits per heavy atom. The summed E-state index contributed by atoms with van der Waals surface area (Å²) in [6.45, 7) is 1.77. The summed E-state index contributed by atoms with van der Waals surface area (Å²) >= 11 is 0. The van der Waals surface area contributed by atoms with Crippen molar-refractivity contribution in [1.29, 1.82) is 0 Å². The first-order valence-corrected chi connectivity index (χ1v) is 10.6. The number of hydrogen-bond donors (Lipinski definition) is 2. The van der Waals surface area contributed by atoms with Crippen LogP contribution in [-0.2, 0) is 4.79 Å². The van der Waals surface area contributed by atoms with Crippen LogP contribution in [0.1, 0.15) is 23.7 Å². The van der Waals surface area contributed by atoms with Gasteiger partial charge in [0.2, 0.25) is 5.91 Å². The molecule has 0 saturated carbocycles. The standard InChI is InChI=1S/C25H19N5O4/c1-2-22(31)26-16-10-11-19-17(13-16)18(14-20(27-19)15-7-4-3-5-8-15)23(32)28-25-30-29-24(34-25)21-9-6-12-33-21/h3-14H,2H2,1H3,(H,26,31)(H,28,30,32). The van der Waals surface area contributed by atoms with E-state index in [-0.39, 0.29) is 17.8 Å². The van der Waals surface area contributed by atoms with E-state index in [1.807, 2.05) is 30.3 Å². The Morgan fingerprint density at radius 1 is 0.941 bits per heavy atom. The van der Waals surface area contributed by atoms with Gasteiger partial charge in [0, 0.05) is 23.1 Å². The topological polar surface area (TPSA) is 123 Å². The molecular formula is C25H19N5O4. The number of furan rings is 1. The van der Waals surface area contributed by atoms with Crippen molar-refractivity contribution < 1.29 is 18.4 Å². The summed E-state index contributed by atoms with van der Waals surface area (Å²) in [5.41, 5.74) is 3.00. The molecule has 0 aliphatic carbocycles. The highest BCUT2D eigenvalue weighted by Gasteiger charge is 2.18. The van der Waals surface area contributed by atoms with Crippen LogP contribution in [0.2, 0.25) is 0 Å². The molecule has 0 saturated heterocycles. The Labute approximate surface area is 193 Å². The van der Waals surface area contributed by atoms with Crippen molar-refractivity contribution in [2.75, 3.05) is 10.6 Å². The molecule has 0 aliphatic rings. The summed E-state index contributed by atoms with van der Waals surface area (Å²) in [6.07, 6.45) is 1.83. The summed E-state index contributed by atoms with van der Waals surface area (Å²) < 4.78 is 10.8. The van der Waals surface area contributed by atoms with Gasteiger partial charge in [-0.05, 0) is 36.4 Å². The van der Waals surface area contributed by atoms with E-state index < -0.39 is 5.91 Å². The summed E-state index contributed by atoms with van der Waals surface area (Å²) in [5, 5.41) is 13.8. The van der Waals surface area contributed by atoms with Crippen LogP contribution in [0.15, 0.2) is 81.8 Å². The van der Waals surface area contributed by atoms with Gasteiger partial charge in [0.15, 0.2) is 5.76 Å². The van der Waals surface area contributed by atoms with Crippen molar-refractivity contribution in [3.05, 3.63) is 78.6 Å². The van der Waals surface area contributed by atoms with E-state index in [1.165, 1.54) is 6.26 Å². The smallest absolute Gasteiger partial charge is 0.322 e. The molecular weight excluding hydrogens is 434 g/mol. The fourth-order valence-corrected chi connectivity index (χ4v) is 3.44. The highest BCUT2D eigenvalue weighted by atomic mass is 16.4. The zero-order valence-corrected chi connectivity index (χ0v) is 18.1. The molecule has 0 aliphatic heterocycles. The number of nitrogens with one attached hydrogen (secondary N) is 2. The molecule has 0 unspecified atom stereocenters. The Bertz CT molecular complexity index is 1480. The number of anilines is 2. The van der Waals surface area contributed by atoms with Crippen molar-refractivity contribution in [2.24, 2.45) is 0 Å². The largest absolute Gasteiger partial charge is 0.459 e. The lowest BCUT2D eigenvalue weighted by molar-refractivity contribution is -0.115. The van der Waals surface area contributed by atoms with Crippen LogP contribution in [0, 0.1) is 0 Å². The number of carbonyl (C=O) groups is 2. The number of aromatic nitrogens is 3. The average Bonchev–Trinajstić information content (AvgIpc) is 3.56. The van der Waals surface area contributed by atoms with E-state index in [9.17, 15) is 9.59 Å². The molecule has 0 bridgehead atoms. The Balaban J connectivity index is 1.55. The lowest BCUT2D eigenvalue weighted by Gasteiger charge is -2.11. The number of fused-ring (bicyclic) bond motifs is 1. The van der Waals surface area contributed by atoms with Gasteiger partial charge in [0.05, 0.1) is 23.0 Å². The second-order valence-corrected chi connectivity index (χ2v) is 7.40. The van der Waals surface area contributed by atoms with Crippen LogP contribution in [0.3, 0.4) is 0 Å². The van der Waals surface area contributed by atoms with Crippen molar-refractivity contribution in [1.82, 2.24) is 15.2 Å². The number of amides is 2. The third-order valence-corrected chi connectivity index (χ3v) is 5.11. The quantitative estimate of drug-likeness (QED) is 0.365. The summed E-state index contributed by atoms with van der Waals surface area (Å²) in [4.78, 5) is 29.9. The third-order valence-electron chi connectivity index (χ3n) is 5.11.